The van der Waals surface area contributed by atoms with Crippen LogP contribution in [-0.4, -0.2) is 13.0 Å². The molecule has 1 aromatic rings. The molecule has 0 aliphatic heterocycles. The van der Waals surface area contributed by atoms with Gasteiger partial charge in [-0.25, -0.2) is 0 Å². The van der Waals surface area contributed by atoms with Gasteiger partial charge < -0.3 is 4.90 Å². The van der Waals surface area contributed by atoms with Crippen LogP contribution in [0.3, 0.4) is 0 Å². The molecule has 0 radical (unpaired) electrons. The van der Waals surface area contributed by atoms with E-state index < -0.39 is 5.91 Å². The molecule has 0 spiro atoms. The molecular weight excluding hydrogens is 192 g/mol. The molecule has 1 rings (SSSR count). The highest BCUT2D eigenvalue weighted by molar-refractivity contribution is 6.04. The smallest absolute Gasteiger partial charge is 0.259 e. The molecule has 0 aromatic heterocycles. The van der Waals surface area contributed by atoms with E-state index in [2.05, 4.69) is 16.6 Å². The average Bonchev–Trinajstić information content (AvgIpc) is 2.28. The van der Waals surface area contributed by atoms with Gasteiger partial charge in [-0.05, 0) is 17.7 Å². The Morgan fingerprint density at radius 1 is 1.47 bits per heavy atom. The standard InChI is InChI=1S/C10H10N4O/c1-8(12-13-11)10(15)14(2)9-6-4-3-5-7-9/h3-7H,1H2,2H3. The van der Waals surface area contributed by atoms with Crippen molar-refractivity contribution in [2.24, 2.45) is 5.11 Å². The zero-order chi connectivity index (χ0) is 11.3. The molecule has 1 aromatic carbocycles. The maximum atomic E-state index is 11.6. The van der Waals surface area contributed by atoms with E-state index in [-0.39, 0.29) is 5.70 Å². The number of hydrogen-bond donors (Lipinski definition) is 0. The van der Waals surface area contributed by atoms with E-state index in [1.54, 1.807) is 19.2 Å². The summed E-state index contributed by atoms with van der Waals surface area (Å²) in [7, 11) is 1.59. The molecular formula is C10H10N4O. The molecule has 0 saturated heterocycles. The van der Waals surface area contributed by atoms with Gasteiger partial charge in [0.2, 0.25) is 0 Å². The van der Waals surface area contributed by atoms with Crippen molar-refractivity contribution in [1.82, 2.24) is 0 Å². The lowest BCUT2D eigenvalue weighted by Gasteiger charge is -2.16. The summed E-state index contributed by atoms with van der Waals surface area (Å²) in [5.74, 6) is -0.418. The fraction of sp³-hybridized carbons (Fsp3) is 0.100. The molecule has 0 saturated carbocycles. The molecule has 0 aliphatic carbocycles. The van der Waals surface area contributed by atoms with E-state index in [0.717, 1.165) is 5.69 Å². The number of nitrogens with zero attached hydrogens (tertiary/aromatic N) is 4. The first kappa shape index (κ1) is 10.8. The number of likely N-dealkylation sites (N-methyl/N-ethyl adjacent to an activating group) is 1. The van der Waals surface area contributed by atoms with Gasteiger partial charge in [-0.15, -0.1) is 0 Å². The minimum absolute atomic E-state index is 0.121. The van der Waals surface area contributed by atoms with Crippen molar-refractivity contribution in [3.05, 3.63) is 53.1 Å². The van der Waals surface area contributed by atoms with Crippen LogP contribution in [0.15, 0.2) is 47.7 Å². The van der Waals surface area contributed by atoms with Gasteiger partial charge in [0.1, 0.15) is 0 Å². The molecule has 0 fully saturated rings. The molecule has 15 heavy (non-hydrogen) atoms. The number of carbonyl (C=O) groups excluding carboxylic acids is 1. The Kier molecular flexibility index (Phi) is 3.49. The molecule has 0 aliphatic rings. The Balaban J connectivity index is 2.86. The highest BCUT2D eigenvalue weighted by Crippen LogP contribution is 2.13. The van der Waals surface area contributed by atoms with E-state index >= 15 is 0 Å². The second kappa shape index (κ2) is 4.83. The predicted octanol–water partition coefficient (Wildman–Crippen LogP) is 2.47. The van der Waals surface area contributed by atoms with Crippen LogP contribution >= 0.6 is 0 Å². The summed E-state index contributed by atoms with van der Waals surface area (Å²) in [5.41, 5.74) is 8.76. The van der Waals surface area contributed by atoms with Crippen molar-refractivity contribution < 1.29 is 4.79 Å². The van der Waals surface area contributed by atoms with Gasteiger partial charge in [0, 0.05) is 17.6 Å². The van der Waals surface area contributed by atoms with Gasteiger partial charge in [-0.3, -0.25) is 4.79 Å². The molecule has 1 amide bonds. The summed E-state index contributed by atoms with van der Waals surface area (Å²) >= 11 is 0. The summed E-state index contributed by atoms with van der Waals surface area (Å²) in [6.07, 6.45) is 0. The lowest BCUT2D eigenvalue weighted by molar-refractivity contribution is -0.114. The largest absolute Gasteiger partial charge is 0.312 e. The van der Waals surface area contributed by atoms with E-state index in [1.165, 1.54) is 4.90 Å². The third-order valence-electron chi connectivity index (χ3n) is 1.86. The average molecular weight is 202 g/mol. The van der Waals surface area contributed by atoms with Crippen LogP contribution in [0.25, 0.3) is 10.4 Å². The van der Waals surface area contributed by atoms with E-state index in [9.17, 15) is 4.79 Å². The minimum Gasteiger partial charge on any atom is -0.312 e. The van der Waals surface area contributed by atoms with Crippen LogP contribution < -0.4 is 4.90 Å². The number of para-hydroxylation sites is 1. The minimum atomic E-state index is -0.418. The Bertz CT molecular complexity index is 420. The second-order valence-corrected chi connectivity index (χ2v) is 2.84. The van der Waals surface area contributed by atoms with Crippen molar-refractivity contribution in [3.63, 3.8) is 0 Å². The summed E-state index contributed by atoms with van der Waals surface area (Å²) < 4.78 is 0. The first-order valence-electron chi connectivity index (χ1n) is 4.24. The molecule has 0 unspecified atom stereocenters. The van der Waals surface area contributed by atoms with Crippen LogP contribution in [0.1, 0.15) is 0 Å². The van der Waals surface area contributed by atoms with Crippen LogP contribution in [-0.2, 0) is 4.79 Å². The lowest BCUT2D eigenvalue weighted by atomic mass is 10.3. The van der Waals surface area contributed by atoms with E-state index in [0.29, 0.717) is 0 Å². The van der Waals surface area contributed by atoms with Crippen LogP contribution in [0.5, 0.6) is 0 Å². The maximum absolute atomic E-state index is 11.6. The van der Waals surface area contributed by atoms with Gasteiger partial charge in [0.05, 0.1) is 5.70 Å². The first-order valence-corrected chi connectivity index (χ1v) is 4.24. The zero-order valence-corrected chi connectivity index (χ0v) is 8.29. The second-order valence-electron chi connectivity index (χ2n) is 2.84. The summed E-state index contributed by atoms with van der Waals surface area (Å²) in [4.78, 5) is 15.5. The number of hydrogen-bond acceptors (Lipinski definition) is 2. The fourth-order valence-corrected chi connectivity index (χ4v) is 1.06. The maximum Gasteiger partial charge on any atom is 0.259 e. The summed E-state index contributed by atoms with van der Waals surface area (Å²) in [6.45, 7) is 3.38. The van der Waals surface area contributed by atoms with Crippen LogP contribution in [0, 0.1) is 0 Å². The first-order chi connectivity index (χ1) is 7.16. The van der Waals surface area contributed by atoms with Crippen molar-refractivity contribution in [1.29, 1.82) is 0 Å². The number of benzene rings is 1. The quantitative estimate of drug-likeness (QED) is 0.321. The lowest BCUT2D eigenvalue weighted by Crippen LogP contribution is -2.26. The highest BCUT2D eigenvalue weighted by atomic mass is 16.2. The van der Waals surface area contributed by atoms with E-state index in [1.807, 2.05) is 18.2 Å². The number of rotatable bonds is 3. The van der Waals surface area contributed by atoms with Gasteiger partial charge >= 0.3 is 0 Å². The Morgan fingerprint density at radius 2 is 2.07 bits per heavy atom. The van der Waals surface area contributed by atoms with Gasteiger partial charge in [-0.2, -0.15) is 0 Å². The number of azide groups is 1. The number of carbonyl (C=O) groups is 1. The predicted molar refractivity (Wildman–Crippen MR) is 58.1 cm³/mol. The van der Waals surface area contributed by atoms with Crippen LogP contribution in [0.2, 0.25) is 0 Å². The zero-order valence-electron chi connectivity index (χ0n) is 8.29. The van der Waals surface area contributed by atoms with Gasteiger partial charge in [0.25, 0.3) is 5.91 Å². The SMILES string of the molecule is C=C(N=[N+]=[N-])C(=O)N(C)c1ccccc1. The van der Waals surface area contributed by atoms with Crippen molar-refractivity contribution in [2.75, 3.05) is 11.9 Å². The molecule has 5 nitrogen and oxygen atoms in total. The normalized spacial score (nSPS) is 8.87. The third-order valence-corrected chi connectivity index (χ3v) is 1.86. The van der Waals surface area contributed by atoms with Crippen molar-refractivity contribution in [2.45, 2.75) is 0 Å². The van der Waals surface area contributed by atoms with Gasteiger partial charge in [0.15, 0.2) is 0 Å². The summed E-state index contributed by atoms with van der Waals surface area (Å²) in [6, 6.07) is 9.04. The van der Waals surface area contributed by atoms with E-state index in [4.69, 9.17) is 5.53 Å². The monoisotopic (exact) mass is 202 g/mol. The Morgan fingerprint density at radius 3 is 2.60 bits per heavy atom. The van der Waals surface area contributed by atoms with Crippen molar-refractivity contribution >= 4 is 11.6 Å². The molecule has 76 valence electrons. The topological polar surface area (TPSA) is 69.1 Å². The van der Waals surface area contributed by atoms with Crippen LogP contribution in [0.4, 0.5) is 5.69 Å². The molecule has 5 heteroatoms. The Hall–Kier alpha value is -2.26. The number of amides is 1. The highest BCUT2D eigenvalue weighted by Gasteiger charge is 2.12. The molecule has 0 heterocycles. The fourth-order valence-electron chi connectivity index (χ4n) is 1.06. The molecule has 0 N–H and O–H groups in total. The summed E-state index contributed by atoms with van der Waals surface area (Å²) in [5, 5.41) is 3.17. The molecule has 0 atom stereocenters. The van der Waals surface area contributed by atoms with Gasteiger partial charge in [-0.1, -0.05) is 29.9 Å². The van der Waals surface area contributed by atoms with Crippen molar-refractivity contribution in [3.8, 4) is 0 Å². The third kappa shape index (κ3) is 2.59. The Labute approximate surface area is 87.3 Å². The molecule has 0 bridgehead atoms. The number of anilines is 1.